The van der Waals surface area contributed by atoms with Gasteiger partial charge in [0.2, 0.25) is 5.91 Å². The number of rotatable bonds is 7. The fourth-order valence-electron chi connectivity index (χ4n) is 2.82. The molecule has 0 aliphatic heterocycles. The summed E-state index contributed by atoms with van der Waals surface area (Å²) in [6.07, 6.45) is 5.28. The van der Waals surface area contributed by atoms with E-state index in [1.54, 1.807) is 26.4 Å². The first-order valence-corrected chi connectivity index (χ1v) is 8.43. The standard InChI is InChI=1S/C21H22N2O3/c1-25-18-9-7-17(20(15-18)26-2)8-10-21(24)22-12-14-23-13-11-16-5-3-4-6-19(16)23/h3-11,13,15H,12,14H2,1-2H3,(H,22,24)/b10-8+. The molecule has 26 heavy (non-hydrogen) atoms. The van der Waals surface area contributed by atoms with Gasteiger partial charge in [-0.25, -0.2) is 0 Å². The second kappa shape index (κ2) is 8.25. The van der Waals surface area contributed by atoms with Gasteiger partial charge in [-0.05, 0) is 35.7 Å². The van der Waals surface area contributed by atoms with Gasteiger partial charge in [0, 0.05) is 42.5 Å². The molecule has 0 bridgehead atoms. The first-order valence-electron chi connectivity index (χ1n) is 8.43. The lowest BCUT2D eigenvalue weighted by molar-refractivity contribution is -0.116. The number of methoxy groups -OCH3 is 2. The molecule has 0 fully saturated rings. The van der Waals surface area contributed by atoms with Crippen LogP contribution in [0.15, 0.2) is 60.8 Å². The quantitative estimate of drug-likeness (QED) is 0.664. The number of ether oxygens (including phenoxy) is 2. The average molecular weight is 350 g/mol. The summed E-state index contributed by atoms with van der Waals surface area (Å²) in [6.45, 7) is 1.28. The molecule has 0 radical (unpaired) electrons. The van der Waals surface area contributed by atoms with Gasteiger partial charge >= 0.3 is 0 Å². The molecule has 0 spiro atoms. The molecule has 1 heterocycles. The first kappa shape index (κ1) is 17.6. The molecule has 0 saturated carbocycles. The second-order valence-electron chi connectivity index (χ2n) is 5.80. The highest BCUT2D eigenvalue weighted by Gasteiger charge is 2.04. The van der Waals surface area contributed by atoms with Gasteiger partial charge in [-0.1, -0.05) is 18.2 Å². The molecule has 1 amide bonds. The van der Waals surface area contributed by atoms with E-state index in [9.17, 15) is 4.79 Å². The number of nitrogens with zero attached hydrogens (tertiary/aromatic N) is 1. The van der Waals surface area contributed by atoms with Crippen LogP contribution < -0.4 is 14.8 Å². The lowest BCUT2D eigenvalue weighted by Crippen LogP contribution is -2.25. The fraction of sp³-hybridized carbons (Fsp3) is 0.190. The lowest BCUT2D eigenvalue weighted by atomic mass is 10.1. The molecule has 5 heteroatoms. The first-order chi connectivity index (χ1) is 12.7. The van der Waals surface area contributed by atoms with E-state index in [2.05, 4.69) is 28.1 Å². The van der Waals surface area contributed by atoms with Crippen molar-refractivity contribution in [2.24, 2.45) is 0 Å². The molecule has 0 saturated heterocycles. The molecule has 1 aromatic heterocycles. The van der Waals surface area contributed by atoms with E-state index in [-0.39, 0.29) is 5.91 Å². The van der Waals surface area contributed by atoms with Gasteiger partial charge in [-0.3, -0.25) is 4.79 Å². The Kier molecular flexibility index (Phi) is 5.59. The maximum atomic E-state index is 12.1. The topological polar surface area (TPSA) is 52.5 Å². The molecular formula is C21H22N2O3. The van der Waals surface area contributed by atoms with E-state index in [1.165, 1.54) is 17.0 Å². The molecule has 1 N–H and O–H groups in total. The Balaban J connectivity index is 1.56. The zero-order chi connectivity index (χ0) is 18.4. The summed E-state index contributed by atoms with van der Waals surface area (Å²) in [4.78, 5) is 12.1. The normalized spacial score (nSPS) is 11.0. The van der Waals surface area contributed by atoms with Crippen molar-refractivity contribution in [3.63, 3.8) is 0 Å². The van der Waals surface area contributed by atoms with Gasteiger partial charge < -0.3 is 19.4 Å². The number of hydrogen-bond acceptors (Lipinski definition) is 3. The van der Waals surface area contributed by atoms with Crippen LogP contribution in [0.2, 0.25) is 0 Å². The number of fused-ring (bicyclic) bond motifs is 1. The van der Waals surface area contributed by atoms with E-state index in [1.807, 2.05) is 30.5 Å². The van der Waals surface area contributed by atoms with Crippen molar-refractivity contribution in [2.75, 3.05) is 20.8 Å². The van der Waals surface area contributed by atoms with Crippen LogP contribution in [0.3, 0.4) is 0 Å². The van der Waals surface area contributed by atoms with Crippen LogP contribution in [0.25, 0.3) is 17.0 Å². The van der Waals surface area contributed by atoms with Crippen molar-refractivity contribution in [1.29, 1.82) is 0 Å². The fourth-order valence-corrected chi connectivity index (χ4v) is 2.82. The number of nitrogens with one attached hydrogen (secondary N) is 1. The van der Waals surface area contributed by atoms with Crippen LogP contribution in [-0.4, -0.2) is 31.2 Å². The van der Waals surface area contributed by atoms with Gasteiger partial charge in [0.25, 0.3) is 0 Å². The Bertz CT molecular complexity index is 928. The number of carbonyl (C=O) groups is 1. The monoisotopic (exact) mass is 350 g/mol. The highest BCUT2D eigenvalue weighted by molar-refractivity contribution is 5.92. The second-order valence-corrected chi connectivity index (χ2v) is 5.80. The highest BCUT2D eigenvalue weighted by atomic mass is 16.5. The van der Waals surface area contributed by atoms with E-state index >= 15 is 0 Å². The van der Waals surface area contributed by atoms with Crippen molar-refractivity contribution >= 4 is 22.9 Å². The minimum Gasteiger partial charge on any atom is -0.497 e. The molecule has 0 aliphatic rings. The average Bonchev–Trinajstić information content (AvgIpc) is 3.09. The van der Waals surface area contributed by atoms with E-state index in [0.29, 0.717) is 18.0 Å². The molecule has 5 nitrogen and oxygen atoms in total. The van der Waals surface area contributed by atoms with E-state index in [4.69, 9.17) is 9.47 Å². The van der Waals surface area contributed by atoms with Crippen LogP contribution in [0.4, 0.5) is 0 Å². The molecule has 3 aromatic rings. The van der Waals surface area contributed by atoms with Gasteiger partial charge in [0.05, 0.1) is 14.2 Å². The lowest BCUT2D eigenvalue weighted by Gasteiger charge is -2.08. The zero-order valence-corrected chi connectivity index (χ0v) is 14.9. The number of carbonyl (C=O) groups excluding carboxylic acids is 1. The van der Waals surface area contributed by atoms with Crippen LogP contribution >= 0.6 is 0 Å². The number of benzene rings is 2. The van der Waals surface area contributed by atoms with Gasteiger partial charge in [0.15, 0.2) is 0 Å². The number of hydrogen-bond donors (Lipinski definition) is 1. The molecule has 3 rings (SSSR count). The Morgan fingerprint density at radius 2 is 1.96 bits per heavy atom. The summed E-state index contributed by atoms with van der Waals surface area (Å²) in [7, 11) is 3.19. The predicted molar refractivity (Wildman–Crippen MR) is 104 cm³/mol. The molecular weight excluding hydrogens is 328 g/mol. The maximum absolute atomic E-state index is 12.1. The summed E-state index contributed by atoms with van der Waals surface area (Å²) in [6, 6.07) is 15.7. The summed E-state index contributed by atoms with van der Waals surface area (Å²) in [5.41, 5.74) is 1.99. The SMILES string of the molecule is COc1ccc(/C=C/C(=O)NCCn2ccc3ccccc32)c(OC)c1. The summed E-state index contributed by atoms with van der Waals surface area (Å²) >= 11 is 0. The summed E-state index contributed by atoms with van der Waals surface area (Å²) < 4.78 is 12.6. The van der Waals surface area contributed by atoms with Crippen LogP contribution in [-0.2, 0) is 11.3 Å². The predicted octanol–water partition coefficient (Wildman–Crippen LogP) is 3.49. The largest absolute Gasteiger partial charge is 0.497 e. The Hall–Kier alpha value is -3.21. The number of amides is 1. The maximum Gasteiger partial charge on any atom is 0.244 e. The van der Waals surface area contributed by atoms with E-state index in [0.717, 1.165) is 12.1 Å². The zero-order valence-electron chi connectivity index (χ0n) is 14.9. The summed E-state index contributed by atoms with van der Waals surface area (Å²) in [5, 5.41) is 4.10. The minimum absolute atomic E-state index is 0.140. The Morgan fingerprint density at radius 1 is 1.12 bits per heavy atom. The highest BCUT2D eigenvalue weighted by Crippen LogP contribution is 2.25. The third-order valence-corrected chi connectivity index (χ3v) is 4.19. The Labute approximate surface area is 152 Å². The van der Waals surface area contributed by atoms with Gasteiger partial charge in [0.1, 0.15) is 11.5 Å². The van der Waals surface area contributed by atoms with Crippen molar-refractivity contribution in [3.05, 3.63) is 66.4 Å². The molecule has 134 valence electrons. The smallest absolute Gasteiger partial charge is 0.244 e. The van der Waals surface area contributed by atoms with Crippen molar-refractivity contribution in [1.82, 2.24) is 9.88 Å². The van der Waals surface area contributed by atoms with Crippen molar-refractivity contribution in [3.8, 4) is 11.5 Å². The number of aromatic nitrogens is 1. The molecule has 2 aromatic carbocycles. The van der Waals surface area contributed by atoms with E-state index < -0.39 is 0 Å². The Morgan fingerprint density at radius 3 is 2.77 bits per heavy atom. The molecule has 0 aliphatic carbocycles. The molecule has 0 unspecified atom stereocenters. The van der Waals surface area contributed by atoms with Crippen LogP contribution in [0.5, 0.6) is 11.5 Å². The van der Waals surface area contributed by atoms with Crippen LogP contribution in [0.1, 0.15) is 5.56 Å². The van der Waals surface area contributed by atoms with Crippen molar-refractivity contribution in [2.45, 2.75) is 6.54 Å². The summed E-state index contributed by atoms with van der Waals surface area (Å²) in [5.74, 6) is 1.23. The van der Waals surface area contributed by atoms with Crippen LogP contribution in [0, 0.1) is 0 Å². The third-order valence-electron chi connectivity index (χ3n) is 4.19. The van der Waals surface area contributed by atoms with Gasteiger partial charge in [-0.15, -0.1) is 0 Å². The van der Waals surface area contributed by atoms with Gasteiger partial charge in [-0.2, -0.15) is 0 Å². The van der Waals surface area contributed by atoms with Crippen molar-refractivity contribution < 1.29 is 14.3 Å². The molecule has 0 atom stereocenters. The minimum atomic E-state index is -0.140. The third kappa shape index (κ3) is 4.06. The number of para-hydroxylation sites is 1.